The zero-order valence-corrected chi connectivity index (χ0v) is 13.2. The predicted molar refractivity (Wildman–Crippen MR) is 81.1 cm³/mol. The Bertz CT molecular complexity index is 713. The number of hydrogen-bond donors (Lipinski definition) is 1. The molecule has 0 atom stereocenters. The first-order valence-electron chi connectivity index (χ1n) is 5.78. The second kappa shape index (κ2) is 6.23. The Labute approximate surface area is 132 Å². The molecule has 0 unspecified atom stereocenters. The van der Waals surface area contributed by atoms with Crippen molar-refractivity contribution in [3.05, 3.63) is 54.2 Å². The zero-order chi connectivity index (χ0) is 15.6. The largest absolute Gasteiger partial charge is 0.487 e. The monoisotopic (exact) mass is 371 g/mol. The van der Waals surface area contributed by atoms with E-state index in [9.17, 15) is 14.9 Å². The average molecular weight is 372 g/mol. The maximum atomic E-state index is 11.1. The van der Waals surface area contributed by atoms with Crippen LogP contribution in [-0.4, -0.2) is 16.0 Å². The first-order valence-corrected chi connectivity index (χ1v) is 7.38. The molecule has 0 spiro atoms. The minimum Gasteiger partial charge on any atom is -0.487 e. The summed E-state index contributed by atoms with van der Waals surface area (Å²) in [6, 6.07) is 5.99. The second-order valence-electron chi connectivity index (χ2n) is 4.18. The van der Waals surface area contributed by atoms with Crippen molar-refractivity contribution in [1.82, 2.24) is 0 Å². The number of aryl methyl sites for hydroxylation is 1. The fourth-order valence-electron chi connectivity index (χ4n) is 1.67. The van der Waals surface area contributed by atoms with Gasteiger partial charge in [-0.2, -0.15) is 0 Å². The van der Waals surface area contributed by atoms with E-state index in [0.717, 1.165) is 16.2 Å². The maximum Gasteiger partial charge on any atom is 0.349 e. The first kappa shape index (κ1) is 15.5. The van der Waals surface area contributed by atoms with Crippen molar-refractivity contribution in [3.63, 3.8) is 0 Å². The number of carboxylic acid groups (broad SMARTS) is 1. The molecule has 8 heteroatoms. The molecule has 6 nitrogen and oxygen atoms in total. The number of ether oxygens (including phenoxy) is 1. The third kappa shape index (κ3) is 3.59. The topological polar surface area (TPSA) is 89.7 Å². The minimum absolute atomic E-state index is 0.0248. The van der Waals surface area contributed by atoms with Crippen molar-refractivity contribution >= 4 is 38.9 Å². The molecule has 1 aromatic carbocycles. The highest BCUT2D eigenvalue weighted by Crippen LogP contribution is 2.30. The van der Waals surface area contributed by atoms with Gasteiger partial charge in [-0.05, 0) is 19.1 Å². The molecule has 1 aromatic heterocycles. The van der Waals surface area contributed by atoms with Crippen LogP contribution in [-0.2, 0) is 6.61 Å². The Morgan fingerprint density at radius 3 is 2.76 bits per heavy atom. The minimum atomic E-state index is -1.04. The van der Waals surface area contributed by atoms with Gasteiger partial charge in [0.2, 0.25) is 0 Å². The maximum absolute atomic E-state index is 11.1. The molecule has 0 fully saturated rings. The second-order valence-corrected chi connectivity index (χ2v) is 6.29. The molecular weight excluding hydrogens is 362 g/mol. The lowest BCUT2D eigenvalue weighted by Crippen LogP contribution is -2.01. The Balaban J connectivity index is 2.17. The van der Waals surface area contributed by atoms with E-state index in [1.807, 2.05) is 0 Å². The van der Waals surface area contributed by atoms with Gasteiger partial charge in [0, 0.05) is 27.0 Å². The summed E-state index contributed by atoms with van der Waals surface area (Å²) in [6.45, 7) is 1.92. The molecule has 2 rings (SSSR count). The average Bonchev–Trinajstić information content (AvgIpc) is 2.78. The Morgan fingerprint density at radius 2 is 2.19 bits per heavy atom. The summed E-state index contributed by atoms with van der Waals surface area (Å²) in [6.07, 6.45) is 0. The number of non-ortho nitro benzene ring substituents is 1. The van der Waals surface area contributed by atoms with E-state index in [2.05, 4.69) is 15.9 Å². The molecule has 0 aliphatic carbocycles. The van der Waals surface area contributed by atoms with Gasteiger partial charge in [-0.25, -0.2) is 4.79 Å². The lowest BCUT2D eigenvalue weighted by molar-refractivity contribution is -0.384. The highest BCUT2D eigenvalue weighted by Gasteiger charge is 2.16. The first-order chi connectivity index (χ1) is 9.88. The molecule has 0 saturated heterocycles. The summed E-state index contributed by atoms with van der Waals surface area (Å²) in [4.78, 5) is 22.2. The smallest absolute Gasteiger partial charge is 0.349 e. The van der Waals surface area contributed by atoms with Crippen molar-refractivity contribution in [2.45, 2.75) is 13.5 Å². The van der Waals surface area contributed by atoms with Crippen LogP contribution in [0.4, 0.5) is 5.69 Å². The quantitative estimate of drug-likeness (QED) is 0.633. The summed E-state index contributed by atoms with van der Waals surface area (Å²) in [5.41, 5.74) is 0.670. The van der Waals surface area contributed by atoms with Crippen molar-refractivity contribution in [2.24, 2.45) is 0 Å². The number of aromatic carboxylic acids is 1. The van der Waals surface area contributed by atoms with Crippen LogP contribution < -0.4 is 4.74 Å². The van der Waals surface area contributed by atoms with E-state index in [4.69, 9.17) is 9.84 Å². The Morgan fingerprint density at radius 1 is 1.48 bits per heavy atom. The molecule has 0 bridgehead atoms. The van der Waals surface area contributed by atoms with Gasteiger partial charge in [0.05, 0.1) is 4.92 Å². The number of carbonyl (C=O) groups is 1. The van der Waals surface area contributed by atoms with E-state index in [0.29, 0.717) is 15.8 Å². The number of carboxylic acids is 1. The highest BCUT2D eigenvalue weighted by atomic mass is 79.9. The molecular formula is C13H10BrNO5S. The van der Waals surface area contributed by atoms with Crippen molar-refractivity contribution in [2.75, 3.05) is 0 Å². The van der Waals surface area contributed by atoms with Gasteiger partial charge >= 0.3 is 5.97 Å². The van der Waals surface area contributed by atoms with E-state index >= 15 is 0 Å². The van der Waals surface area contributed by atoms with Crippen LogP contribution >= 0.6 is 27.3 Å². The van der Waals surface area contributed by atoms with Gasteiger partial charge in [0.1, 0.15) is 12.4 Å². The Kier molecular flexibility index (Phi) is 4.59. The number of rotatable bonds is 5. The molecule has 1 N–H and O–H groups in total. The third-order valence-electron chi connectivity index (χ3n) is 2.65. The van der Waals surface area contributed by atoms with Crippen LogP contribution in [0.1, 0.15) is 20.1 Å². The molecule has 0 amide bonds. The zero-order valence-electron chi connectivity index (χ0n) is 10.8. The van der Waals surface area contributed by atoms with E-state index < -0.39 is 10.9 Å². The fraction of sp³-hybridized carbons (Fsp3) is 0.154. The van der Waals surface area contributed by atoms with Gasteiger partial charge in [0.25, 0.3) is 5.69 Å². The molecule has 0 aliphatic heterocycles. The van der Waals surface area contributed by atoms with Crippen LogP contribution in [0.3, 0.4) is 0 Å². The third-order valence-corrected chi connectivity index (χ3v) is 4.40. The lowest BCUT2D eigenvalue weighted by Gasteiger charge is -2.07. The summed E-state index contributed by atoms with van der Waals surface area (Å²) < 4.78 is 6.06. The molecule has 0 aliphatic rings. The van der Waals surface area contributed by atoms with E-state index in [-0.39, 0.29) is 17.2 Å². The summed E-state index contributed by atoms with van der Waals surface area (Å²) in [5, 5.41) is 19.7. The van der Waals surface area contributed by atoms with Crippen molar-refractivity contribution in [3.8, 4) is 5.75 Å². The van der Waals surface area contributed by atoms with Gasteiger partial charge < -0.3 is 9.84 Å². The summed E-state index contributed by atoms with van der Waals surface area (Å²) in [5.74, 6) is -0.735. The number of hydrogen-bond acceptors (Lipinski definition) is 5. The van der Waals surface area contributed by atoms with Crippen LogP contribution in [0.2, 0.25) is 0 Å². The Hall–Kier alpha value is -1.93. The van der Waals surface area contributed by atoms with Crippen LogP contribution in [0, 0.1) is 17.0 Å². The molecule has 0 saturated carbocycles. The number of nitro groups is 1. The SMILES string of the molecule is Cc1cc(OCc2ccc([N+](=O)[O-])cc2Br)c(C(=O)O)s1. The van der Waals surface area contributed by atoms with Gasteiger partial charge in [-0.15, -0.1) is 11.3 Å². The summed E-state index contributed by atoms with van der Waals surface area (Å²) in [7, 11) is 0. The van der Waals surface area contributed by atoms with Gasteiger partial charge in [0.15, 0.2) is 4.88 Å². The fourth-order valence-corrected chi connectivity index (χ4v) is 2.94. The van der Waals surface area contributed by atoms with Crippen molar-refractivity contribution in [1.29, 1.82) is 0 Å². The molecule has 21 heavy (non-hydrogen) atoms. The van der Waals surface area contributed by atoms with E-state index in [1.165, 1.54) is 12.1 Å². The lowest BCUT2D eigenvalue weighted by atomic mass is 10.2. The number of halogens is 1. The predicted octanol–water partition coefficient (Wildman–Crippen LogP) is 4.00. The van der Waals surface area contributed by atoms with E-state index in [1.54, 1.807) is 19.1 Å². The van der Waals surface area contributed by atoms with Crippen LogP contribution in [0.25, 0.3) is 0 Å². The standard InChI is InChI=1S/C13H10BrNO5S/c1-7-4-11(12(21-7)13(16)17)20-6-8-2-3-9(15(18)19)5-10(8)14/h2-5H,6H2,1H3,(H,16,17). The normalized spacial score (nSPS) is 10.4. The van der Waals surface area contributed by atoms with Gasteiger partial charge in [-0.3, -0.25) is 10.1 Å². The highest BCUT2D eigenvalue weighted by molar-refractivity contribution is 9.10. The molecule has 110 valence electrons. The number of benzene rings is 1. The summed E-state index contributed by atoms with van der Waals surface area (Å²) >= 11 is 4.39. The van der Waals surface area contributed by atoms with Crippen molar-refractivity contribution < 1.29 is 19.6 Å². The molecule has 2 aromatic rings. The molecule has 1 heterocycles. The van der Waals surface area contributed by atoms with Crippen LogP contribution in [0.15, 0.2) is 28.7 Å². The number of thiophene rings is 1. The number of nitrogens with zero attached hydrogens (tertiary/aromatic N) is 1. The van der Waals surface area contributed by atoms with Crippen LogP contribution in [0.5, 0.6) is 5.75 Å². The van der Waals surface area contributed by atoms with Gasteiger partial charge in [-0.1, -0.05) is 15.9 Å². The number of nitro benzene ring substituents is 1. The molecule has 0 radical (unpaired) electrons.